The van der Waals surface area contributed by atoms with Crippen LogP contribution >= 0.6 is 11.8 Å². The monoisotopic (exact) mass is 419 g/mol. The summed E-state index contributed by atoms with van der Waals surface area (Å²) in [6, 6.07) is 2.28. The molecule has 0 radical (unpaired) electrons. The van der Waals surface area contributed by atoms with E-state index in [1.807, 2.05) is 4.90 Å². The van der Waals surface area contributed by atoms with E-state index >= 15 is 0 Å². The van der Waals surface area contributed by atoms with Gasteiger partial charge in [-0.1, -0.05) is 18.7 Å². The molecule has 1 N–H and O–H groups in total. The van der Waals surface area contributed by atoms with Crippen molar-refractivity contribution in [1.29, 1.82) is 0 Å². The normalized spacial score (nSPS) is 20.7. The first-order valence-corrected chi connectivity index (χ1v) is 11.8. The van der Waals surface area contributed by atoms with Gasteiger partial charge < -0.3 is 10.2 Å². The van der Waals surface area contributed by atoms with Crippen molar-refractivity contribution in [1.82, 2.24) is 25.1 Å². The molecule has 2 amide bonds. The van der Waals surface area contributed by atoms with Gasteiger partial charge in [0.25, 0.3) is 0 Å². The number of nitrogens with one attached hydrogen (secondary N) is 1. The number of carbonyl (C=O) groups is 2. The number of thioether (sulfide) groups is 1. The average molecular weight is 420 g/mol. The van der Waals surface area contributed by atoms with Gasteiger partial charge in [-0.15, -0.1) is 0 Å². The molecule has 0 aliphatic carbocycles. The van der Waals surface area contributed by atoms with Crippen molar-refractivity contribution in [3.63, 3.8) is 0 Å². The van der Waals surface area contributed by atoms with Crippen molar-refractivity contribution in [2.75, 3.05) is 38.5 Å². The number of aromatic nitrogens is 2. The largest absolute Gasteiger partial charge is 0.355 e. The first-order valence-electron chi connectivity index (χ1n) is 10.8. The number of likely N-dealkylation sites (N-methyl/N-ethyl adjacent to an activating group) is 1. The molecule has 2 saturated heterocycles. The molecule has 160 valence electrons. The van der Waals surface area contributed by atoms with Crippen molar-refractivity contribution in [2.24, 2.45) is 5.92 Å². The molecule has 3 heterocycles. The van der Waals surface area contributed by atoms with Crippen LogP contribution in [0.1, 0.15) is 45.4 Å². The standard InChI is InChI=1S/C21H33N5O2S/c1-2-25-12-3-5-18(25)15-24-19(27)7-6-17-8-13-26(14-9-17)20(28)16-29-21-22-10-4-11-23-21/h4,10-11,17-18H,2-3,5-9,12-16H2,1H3,(H,24,27). The zero-order valence-electron chi connectivity index (χ0n) is 17.4. The molecular formula is C21H33N5O2S. The maximum absolute atomic E-state index is 12.4. The molecule has 3 rings (SSSR count). The molecule has 7 nitrogen and oxygen atoms in total. The molecule has 29 heavy (non-hydrogen) atoms. The van der Waals surface area contributed by atoms with Crippen molar-refractivity contribution < 1.29 is 9.59 Å². The molecule has 1 atom stereocenters. The number of carbonyl (C=O) groups excluding carboxylic acids is 2. The Hall–Kier alpha value is -1.67. The summed E-state index contributed by atoms with van der Waals surface area (Å²) in [5.41, 5.74) is 0. The van der Waals surface area contributed by atoms with E-state index in [1.54, 1.807) is 18.5 Å². The minimum absolute atomic E-state index is 0.149. The first-order chi connectivity index (χ1) is 14.2. The second-order valence-electron chi connectivity index (χ2n) is 7.91. The Balaban J connectivity index is 1.28. The first kappa shape index (κ1) is 22.0. The number of hydrogen-bond acceptors (Lipinski definition) is 6. The highest BCUT2D eigenvalue weighted by Crippen LogP contribution is 2.23. The second-order valence-corrected chi connectivity index (χ2v) is 8.85. The molecule has 2 aliphatic rings. The van der Waals surface area contributed by atoms with Crippen LogP contribution in [0.4, 0.5) is 0 Å². The lowest BCUT2D eigenvalue weighted by Gasteiger charge is -2.32. The molecule has 0 aromatic carbocycles. The minimum Gasteiger partial charge on any atom is -0.355 e. The summed E-state index contributed by atoms with van der Waals surface area (Å²) >= 11 is 1.38. The predicted molar refractivity (Wildman–Crippen MR) is 115 cm³/mol. The predicted octanol–water partition coefficient (Wildman–Crippen LogP) is 2.19. The van der Waals surface area contributed by atoms with Crippen LogP contribution in [0, 0.1) is 5.92 Å². The van der Waals surface area contributed by atoms with Crippen LogP contribution in [0.2, 0.25) is 0 Å². The van der Waals surface area contributed by atoms with Crippen molar-refractivity contribution >= 4 is 23.6 Å². The van der Waals surface area contributed by atoms with Crippen LogP contribution in [-0.2, 0) is 9.59 Å². The molecule has 2 aliphatic heterocycles. The average Bonchev–Trinajstić information content (AvgIpc) is 3.23. The molecule has 0 saturated carbocycles. The Morgan fingerprint density at radius 2 is 1.93 bits per heavy atom. The van der Waals surface area contributed by atoms with E-state index in [1.165, 1.54) is 24.6 Å². The molecule has 2 fully saturated rings. The Labute approximate surface area is 178 Å². The molecule has 8 heteroatoms. The number of nitrogens with zero attached hydrogens (tertiary/aromatic N) is 4. The molecule has 0 bridgehead atoms. The van der Waals surface area contributed by atoms with Crippen molar-refractivity contribution in [3.8, 4) is 0 Å². The van der Waals surface area contributed by atoms with E-state index in [2.05, 4.69) is 27.1 Å². The van der Waals surface area contributed by atoms with E-state index < -0.39 is 0 Å². The molecule has 1 aromatic heterocycles. The summed E-state index contributed by atoms with van der Waals surface area (Å²) in [5, 5.41) is 3.77. The SMILES string of the molecule is CCN1CCCC1CNC(=O)CCC1CCN(C(=O)CSc2ncccn2)CC1. The summed E-state index contributed by atoms with van der Waals surface area (Å²) < 4.78 is 0. The summed E-state index contributed by atoms with van der Waals surface area (Å²) in [6.07, 6.45) is 9.29. The highest BCUT2D eigenvalue weighted by atomic mass is 32.2. The van der Waals surface area contributed by atoms with Crippen molar-refractivity contribution in [3.05, 3.63) is 18.5 Å². The van der Waals surface area contributed by atoms with Gasteiger partial charge in [0.1, 0.15) is 0 Å². The Morgan fingerprint density at radius 3 is 2.66 bits per heavy atom. The maximum Gasteiger partial charge on any atom is 0.233 e. The molecular weight excluding hydrogens is 386 g/mol. The third-order valence-corrected chi connectivity index (χ3v) is 6.91. The maximum atomic E-state index is 12.4. The zero-order chi connectivity index (χ0) is 20.5. The van der Waals surface area contributed by atoms with Crippen molar-refractivity contribution in [2.45, 2.75) is 56.6 Å². The zero-order valence-corrected chi connectivity index (χ0v) is 18.2. The van der Waals surface area contributed by atoms with Crippen LogP contribution in [0.3, 0.4) is 0 Å². The molecule has 0 spiro atoms. The third kappa shape index (κ3) is 6.96. The molecule has 1 aromatic rings. The van der Waals surface area contributed by atoms with Gasteiger partial charge in [0, 0.05) is 44.5 Å². The highest BCUT2D eigenvalue weighted by Gasteiger charge is 2.25. The van der Waals surface area contributed by atoms with Crippen LogP contribution < -0.4 is 5.32 Å². The van der Waals surface area contributed by atoms with Crippen LogP contribution in [0.15, 0.2) is 23.6 Å². The van der Waals surface area contributed by atoms with Crippen LogP contribution in [0.5, 0.6) is 0 Å². The van der Waals surface area contributed by atoms with Gasteiger partial charge >= 0.3 is 0 Å². The quantitative estimate of drug-likeness (QED) is 0.488. The highest BCUT2D eigenvalue weighted by molar-refractivity contribution is 7.99. The van der Waals surface area contributed by atoms with Gasteiger partial charge in [-0.3, -0.25) is 14.5 Å². The van der Waals surface area contributed by atoms with Gasteiger partial charge in [0.15, 0.2) is 5.16 Å². The lowest BCUT2D eigenvalue weighted by Crippen LogP contribution is -2.41. The van der Waals surface area contributed by atoms with E-state index in [-0.39, 0.29) is 11.8 Å². The Bertz CT molecular complexity index is 652. The van der Waals surface area contributed by atoms with E-state index in [4.69, 9.17) is 0 Å². The summed E-state index contributed by atoms with van der Waals surface area (Å²) in [7, 11) is 0. The number of likely N-dealkylation sites (tertiary alicyclic amines) is 2. The Kier molecular flexibility index (Phi) is 8.73. The van der Waals surface area contributed by atoms with Gasteiger partial charge in [0.05, 0.1) is 5.75 Å². The van der Waals surface area contributed by atoms with Gasteiger partial charge in [0.2, 0.25) is 11.8 Å². The fourth-order valence-electron chi connectivity index (χ4n) is 4.25. The van der Waals surface area contributed by atoms with Crippen LogP contribution in [-0.4, -0.2) is 76.1 Å². The van der Waals surface area contributed by atoms with Gasteiger partial charge in [-0.25, -0.2) is 9.97 Å². The van der Waals surface area contributed by atoms with E-state index in [9.17, 15) is 9.59 Å². The topological polar surface area (TPSA) is 78.4 Å². The molecule has 1 unspecified atom stereocenters. The number of amides is 2. The summed E-state index contributed by atoms with van der Waals surface area (Å²) in [6.45, 7) is 6.76. The van der Waals surface area contributed by atoms with Gasteiger partial charge in [-0.2, -0.15) is 0 Å². The second kappa shape index (κ2) is 11.5. The minimum atomic E-state index is 0.149. The summed E-state index contributed by atoms with van der Waals surface area (Å²) in [4.78, 5) is 37.3. The van der Waals surface area contributed by atoms with E-state index in [0.29, 0.717) is 29.3 Å². The third-order valence-electron chi connectivity index (χ3n) is 6.05. The fraction of sp³-hybridized carbons (Fsp3) is 0.714. The Morgan fingerprint density at radius 1 is 1.17 bits per heavy atom. The van der Waals surface area contributed by atoms with Gasteiger partial charge in [-0.05, 0) is 57.2 Å². The summed E-state index contributed by atoms with van der Waals surface area (Å²) in [5.74, 6) is 1.24. The number of rotatable bonds is 9. The van der Waals surface area contributed by atoms with E-state index in [0.717, 1.165) is 52.0 Å². The number of hydrogen-bond donors (Lipinski definition) is 1. The lowest BCUT2D eigenvalue weighted by atomic mass is 9.92. The number of piperidine rings is 1. The van der Waals surface area contributed by atoms with Crippen LogP contribution in [0.25, 0.3) is 0 Å². The smallest absolute Gasteiger partial charge is 0.233 e. The lowest BCUT2D eigenvalue weighted by molar-refractivity contribution is -0.130. The fourth-order valence-corrected chi connectivity index (χ4v) is 4.95.